The van der Waals surface area contributed by atoms with E-state index in [9.17, 15) is 8.42 Å². The fourth-order valence-electron chi connectivity index (χ4n) is 0.695. The van der Waals surface area contributed by atoms with Gasteiger partial charge < -0.3 is 5.32 Å². The third kappa shape index (κ3) is 2.75. The lowest BCUT2D eigenvalue weighted by Crippen LogP contribution is -2.29. The van der Waals surface area contributed by atoms with Crippen molar-refractivity contribution < 1.29 is 8.42 Å². The summed E-state index contributed by atoms with van der Waals surface area (Å²) in [5, 5.41) is 2.66. The molecule has 1 heterocycles. The molecule has 0 amide bonds. The van der Waals surface area contributed by atoms with Crippen LogP contribution in [0.5, 0.6) is 0 Å². The van der Waals surface area contributed by atoms with Crippen LogP contribution >= 0.6 is 11.6 Å². The van der Waals surface area contributed by atoms with Crippen LogP contribution in [-0.2, 0) is 10.0 Å². The predicted molar refractivity (Wildman–Crippen MR) is 47.4 cm³/mol. The van der Waals surface area contributed by atoms with Crippen LogP contribution in [0.15, 0.2) is 24.0 Å². The first-order valence-electron chi connectivity index (χ1n) is 3.13. The number of dihydropyridines is 1. The Hall–Kier alpha value is -0.680. The van der Waals surface area contributed by atoms with Gasteiger partial charge in [-0.2, -0.15) is 0 Å². The number of rotatable bonds is 2. The molecule has 0 saturated carbocycles. The summed E-state index contributed by atoms with van der Waals surface area (Å²) in [5.41, 5.74) is 0.615. The normalized spacial score (nSPS) is 18.3. The molecule has 1 aliphatic heterocycles. The van der Waals surface area contributed by atoms with Crippen molar-refractivity contribution in [1.82, 2.24) is 10.0 Å². The minimum absolute atomic E-state index is 0.267. The fraction of sp³-hybridized carbons (Fsp3) is 0.167. The Balaban J connectivity index is 2.75. The van der Waals surface area contributed by atoms with Gasteiger partial charge in [-0.25, -0.2) is 8.42 Å². The number of allylic oxidation sites excluding steroid dienone is 2. The van der Waals surface area contributed by atoms with Gasteiger partial charge in [0.1, 0.15) is 0 Å². The molecule has 4 nitrogen and oxygen atoms in total. The second-order valence-corrected chi connectivity index (χ2v) is 4.40. The zero-order valence-electron chi connectivity index (χ0n) is 6.33. The highest BCUT2D eigenvalue weighted by molar-refractivity contribution is 7.88. The number of sulfonamides is 1. The Bertz CT molecular complexity index is 320. The number of halogens is 1. The molecule has 0 aromatic carbocycles. The summed E-state index contributed by atoms with van der Waals surface area (Å²) in [5.74, 6) is 0. The van der Waals surface area contributed by atoms with Crippen LogP contribution in [0, 0.1) is 5.50 Å². The predicted octanol–water partition coefficient (Wildman–Crippen LogP) is 0.265. The van der Waals surface area contributed by atoms with Crippen molar-refractivity contribution in [2.24, 2.45) is 0 Å². The van der Waals surface area contributed by atoms with Gasteiger partial charge in [-0.05, 0) is 18.4 Å². The molecule has 0 aliphatic carbocycles. The molecule has 0 unspecified atom stereocenters. The summed E-state index contributed by atoms with van der Waals surface area (Å²) < 4.78 is 23.8. The second-order valence-electron chi connectivity index (χ2n) is 2.27. The Morgan fingerprint density at radius 2 is 2.25 bits per heavy atom. The highest BCUT2D eigenvalue weighted by Gasteiger charge is 2.15. The topological polar surface area (TPSA) is 58.2 Å². The van der Waals surface area contributed by atoms with Crippen LogP contribution in [0.1, 0.15) is 0 Å². The van der Waals surface area contributed by atoms with E-state index in [2.05, 4.69) is 10.0 Å². The molecule has 67 valence electrons. The van der Waals surface area contributed by atoms with Gasteiger partial charge >= 0.3 is 0 Å². The number of nitrogens with one attached hydrogen (secondary N) is 2. The summed E-state index contributed by atoms with van der Waals surface area (Å²) in [7, 11) is -3.25. The van der Waals surface area contributed by atoms with E-state index in [1.54, 1.807) is 18.4 Å². The first-order valence-corrected chi connectivity index (χ1v) is 5.40. The standard InChI is InChI=1S/C6H8ClN2O2S/c1-12(10,11)9-5-3-2-4-8-6(5)7/h2-4,8-9H,1H3. The lowest BCUT2D eigenvalue weighted by Gasteiger charge is -2.16. The molecule has 6 heteroatoms. The third-order valence-electron chi connectivity index (χ3n) is 1.10. The lowest BCUT2D eigenvalue weighted by atomic mass is 10.3. The van der Waals surface area contributed by atoms with Gasteiger partial charge in [0.15, 0.2) is 5.50 Å². The van der Waals surface area contributed by atoms with Gasteiger partial charge in [0.2, 0.25) is 10.0 Å². The van der Waals surface area contributed by atoms with E-state index in [1.165, 1.54) is 0 Å². The average Bonchev–Trinajstić information content (AvgIpc) is 1.91. The van der Waals surface area contributed by atoms with Gasteiger partial charge in [0, 0.05) is 0 Å². The first kappa shape index (κ1) is 9.41. The largest absolute Gasteiger partial charge is 0.365 e. The molecule has 0 aromatic heterocycles. The van der Waals surface area contributed by atoms with Crippen molar-refractivity contribution in [1.29, 1.82) is 0 Å². The Morgan fingerprint density at radius 3 is 2.75 bits per heavy atom. The molecule has 1 rings (SSSR count). The Morgan fingerprint density at radius 1 is 1.58 bits per heavy atom. The van der Waals surface area contributed by atoms with Crippen molar-refractivity contribution in [2.45, 2.75) is 0 Å². The molecule has 12 heavy (non-hydrogen) atoms. The van der Waals surface area contributed by atoms with Crippen LogP contribution in [-0.4, -0.2) is 14.7 Å². The smallest absolute Gasteiger partial charge is 0.229 e. The van der Waals surface area contributed by atoms with E-state index in [1.807, 2.05) is 0 Å². The first-order chi connectivity index (χ1) is 5.49. The van der Waals surface area contributed by atoms with E-state index in [0.717, 1.165) is 6.26 Å². The minimum atomic E-state index is -3.25. The maximum Gasteiger partial charge on any atom is 0.229 e. The summed E-state index contributed by atoms with van der Waals surface area (Å²) in [6, 6.07) is 0. The molecule has 0 saturated heterocycles. The number of hydrogen-bond acceptors (Lipinski definition) is 3. The molecule has 0 spiro atoms. The molecule has 2 N–H and O–H groups in total. The van der Waals surface area contributed by atoms with Crippen molar-refractivity contribution in [3.05, 3.63) is 29.6 Å². The summed E-state index contributed by atoms with van der Waals surface area (Å²) in [6.07, 6.45) is 5.89. The quantitative estimate of drug-likeness (QED) is 0.639. The van der Waals surface area contributed by atoms with Crippen molar-refractivity contribution >= 4 is 21.6 Å². The molecule has 0 bridgehead atoms. The maximum atomic E-state index is 10.8. The van der Waals surface area contributed by atoms with Gasteiger partial charge in [-0.3, -0.25) is 4.72 Å². The van der Waals surface area contributed by atoms with Crippen LogP contribution in [0.25, 0.3) is 0 Å². The maximum absolute atomic E-state index is 10.8. The molecule has 0 fully saturated rings. The van der Waals surface area contributed by atoms with Crippen LogP contribution in [0.3, 0.4) is 0 Å². The van der Waals surface area contributed by atoms with E-state index >= 15 is 0 Å². The highest BCUT2D eigenvalue weighted by atomic mass is 35.5. The SMILES string of the molecule is CS(=O)(=O)NC1=CC=CN[C]1Cl. The molecule has 0 aromatic rings. The molecule has 1 radical (unpaired) electrons. The van der Waals surface area contributed by atoms with E-state index in [4.69, 9.17) is 11.6 Å². The van der Waals surface area contributed by atoms with Crippen LogP contribution in [0.2, 0.25) is 0 Å². The summed E-state index contributed by atoms with van der Waals surface area (Å²) in [4.78, 5) is 0. The zero-order valence-corrected chi connectivity index (χ0v) is 7.91. The average molecular weight is 208 g/mol. The lowest BCUT2D eigenvalue weighted by molar-refractivity contribution is 0.594. The van der Waals surface area contributed by atoms with Gasteiger partial charge in [-0.15, -0.1) is 0 Å². The minimum Gasteiger partial charge on any atom is -0.365 e. The molecule has 0 atom stereocenters. The summed E-state index contributed by atoms with van der Waals surface area (Å²) >= 11 is 5.65. The van der Waals surface area contributed by atoms with Gasteiger partial charge in [0.05, 0.1) is 12.0 Å². The van der Waals surface area contributed by atoms with E-state index < -0.39 is 10.0 Å². The van der Waals surface area contributed by atoms with Crippen LogP contribution < -0.4 is 10.0 Å². The second kappa shape index (κ2) is 3.37. The number of hydrogen-bond donors (Lipinski definition) is 2. The summed E-state index contributed by atoms with van der Waals surface area (Å²) in [6.45, 7) is 0. The highest BCUT2D eigenvalue weighted by Crippen LogP contribution is 2.15. The fourth-order valence-corrected chi connectivity index (χ4v) is 1.49. The van der Waals surface area contributed by atoms with E-state index in [0.29, 0.717) is 5.70 Å². The Kier molecular flexibility index (Phi) is 2.64. The molecule has 1 aliphatic rings. The Labute approximate surface area is 76.3 Å². The molecular formula is C6H8ClN2O2S. The third-order valence-corrected chi connectivity index (χ3v) is 2.00. The van der Waals surface area contributed by atoms with Crippen molar-refractivity contribution in [3.8, 4) is 0 Å². The van der Waals surface area contributed by atoms with Crippen molar-refractivity contribution in [3.63, 3.8) is 0 Å². The van der Waals surface area contributed by atoms with Crippen LogP contribution in [0.4, 0.5) is 0 Å². The van der Waals surface area contributed by atoms with E-state index in [-0.39, 0.29) is 5.50 Å². The van der Waals surface area contributed by atoms with Gasteiger partial charge in [-0.1, -0.05) is 11.6 Å². The monoisotopic (exact) mass is 207 g/mol. The molecular weight excluding hydrogens is 200 g/mol. The van der Waals surface area contributed by atoms with Crippen molar-refractivity contribution in [2.75, 3.05) is 6.26 Å². The van der Waals surface area contributed by atoms with Gasteiger partial charge in [0.25, 0.3) is 0 Å². The zero-order chi connectivity index (χ0) is 9.19.